The number of piperazine rings is 1. The van der Waals surface area contributed by atoms with E-state index in [1.54, 1.807) is 6.20 Å². The molecule has 0 aliphatic carbocycles. The molecule has 11 heteroatoms. The van der Waals surface area contributed by atoms with E-state index >= 15 is 0 Å². The fourth-order valence-electron chi connectivity index (χ4n) is 3.84. The van der Waals surface area contributed by atoms with Gasteiger partial charge >= 0.3 is 6.18 Å². The lowest BCUT2D eigenvalue weighted by Crippen LogP contribution is -2.56. The zero-order valence-corrected chi connectivity index (χ0v) is 16.6. The van der Waals surface area contributed by atoms with Crippen molar-refractivity contribution in [3.05, 3.63) is 48.2 Å². The molecule has 160 valence electrons. The predicted octanol–water partition coefficient (Wildman–Crippen LogP) is 2.38. The summed E-state index contributed by atoms with van der Waals surface area (Å²) in [5.41, 5.74) is 0.815. The summed E-state index contributed by atoms with van der Waals surface area (Å²) in [6.07, 6.45) is 4.52. The molecule has 2 unspecified atom stereocenters. The lowest BCUT2D eigenvalue weighted by atomic mass is 10.0. The van der Waals surface area contributed by atoms with E-state index in [9.17, 15) is 13.2 Å². The van der Waals surface area contributed by atoms with Crippen LogP contribution in [0.15, 0.2) is 47.5 Å². The number of aliphatic imine (C=N–C) groups is 1. The van der Waals surface area contributed by atoms with Crippen LogP contribution in [0.3, 0.4) is 0 Å². The zero-order chi connectivity index (χ0) is 21.6. The van der Waals surface area contributed by atoms with E-state index < -0.39 is 11.9 Å². The molecule has 2 aliphatic heterocycles. The zero-order valence-electron chi connectivity index (χ0n) is 16.6. The number of nitrogens with one attached hydrogen (secondary N) is 1. The Kier molecular flexibility index (Phi) is 4.69. The Balaban J connectivity index is 1.50. The van der Waals surface area contributed by atoms with Gasteiger partial charge in [-0.15, -0.1) is 0 Å². The predicted molar refractivity (Wildman–Crippen MR) is 109 cm³/mol. The second kappa shape index (κ2) is 7.41. The molecule has 0 bridgehead atoms. The van der Waals surface area contributed by atoms with Crippen LogP contribution >= 0.6 is 0 Å². The van der Waals surface area contributed by atoms with Gasteiger partial charge in [-0.1, -0.05) is 6.08 Å². The minimum absolute atomic E-state index is 0.136. The highest BCUT2D eigenvalue weighted by Gasteiger charge is 2.33. The quantitative estimate of drug-likeness (QED) is 0.690. The number of imidazole rings is 1. The van der Waals surface area contributed by atoms with E-state index in [2.05, 4.69) is 48.1 Å². The maximum Gasteiger partial charge on any atom is 0.434 e. The van der Waals surface area contributed by atoms with Crippen LogP contribution < -0.4 is 10.2 Å². The molecular formula is C20H19F3N8. The molecule has 5 rings (SSSR count). The number of anilines is 1. The van der Waals surface area contributed by atoms with E-state index in [4.69, 9.17) is 0 Å². The first-order valence-corrected chi connectivity index (χ1v) is 9.84. The minimum Gasteiger partial charge on any atom is -0.351 e. The molecule has 3 aromatic rings. The molecule has 2 aliphatic rings. The Hall–Kier alpha value is -3.34. The first-order chi connectivity index (χ1) is 14.9. The number of aromatic nitrogens is 5. The SMILES string of the molecule is CC1CNC(C2=CCN=C2)CN1c1ccnc(-c2cnc3cnc(C(F)(F)F)cn23)n1. The number of fused-ring (bicyclic) bond motifs is 1. The van der Waals surface area contributed by atoms with Crippen LogP contribution in [0.4, 0.5) is 19.0 Å². The van der Waals surface area contributed by atoms with Crippen LogP contribution in [0.1, 0.15) is 12.6 Å². The van der Waals surface area contributed by atoms with E-state index in [0.717, 1.165) is 24.5 Å². The third-order valence-electron chi connectivity index (χ3n) is 5.50. The molecule has 0 aromatic carbocycles. The van der Waals surface area contributed by atoms with Crippen molar-refractivity contribution in [2.45, 2.75) is 25.2 Å². The Labute approximate surface area is 175 Å². The molecule has 0 saturated carbocycles. The molecule has 0 spiro atoms. The van der Waals surface area contributed by atoms with Gasteiger partial charge in [0.05, 0.1) is 25.0 Å². The average Bonchev–Trinajstić information content (AvgIpc) is 3.43. The van der Waals surface area contributed by atoms with Gasteiger partial charge in [-0.05, 0) is 18.6 Å². The molecule has 0 amide bonds. The van der Waals surface area contributed by atoms with Gasteiger partial charge in [-0.3, -0.25) is 9.39 Å². The number of nitrogens with zero attached hydrogens (tertiary/aromatic N) is 7. The monoisotopic (exact) mass is 428 g/mol. The average molecular weight is 428 g/mol. The Morgan fingerprint density at radius 2 is 2.03 bits per heavy atom. The largest absolute Gasteiger partial charge is 0.434 e. The maximum absolute atomic E-state index is 13.1. The summed E-state index contributed by atoms with van der Waals surface area (Å²) < 4.78 is 40.7. The fourth-order valence-corrected chi connectivity index (χ4v) is 3.84. The fraction of sp³-hybridized carbons (Fsp3) is 0.350. The standard InChI is InChI=1S/C20H19F3N8/c1-12-6-26-14(13-2-4-24-7-13)10-30(12)17-3-5-25-19(29-17)15-8-28-18-9-27-16(11-31(15)18)20(21,22)23/h2-3,5,7-9,11-12,14,26H,4,6,10H2,1H3. The molecule has 31 heavy (non-hydrogen) atoms. The van der Waals surface area contributed by atoms with Crippen molar-refractivity contribution in [2.24, 2.45) is 4.99 Å². The molecule has 5 heterocycles. The van der Waals surface area contributed by atoms with Gasteiger partial charge in [0, 0.05) is 37.7 Å². The third kappa shape index (κ3) is 3.65. The number of hydrogen-bond acceptors (Lipinski definition) is 7. The van der Waals surface area contributed by atoms with Crippen molar-refractivity contribution in [3.63, 3.8) is 0 Å². The Bertz CT molecular complexity index is 1180. The first kappa shape index (κ1) is 19.6. The van der Waals surface area contributed by atoms with Gasteiger partial charge in [0.1, 0.15) is 11.5 Å². The summed E-state index contributed by atoms with van der Waals surface area (Å²) in [7, 11) is 0. The summed E-state index contributed by atoms with van der Waals surface area (Å²) in [5.74, 6) is 1.01. The lowest BCUT2D eigenvalue weighted by molar-refractivity contribution is -0.141. The van der Waals surface area contributed by atoms with Gasteiger partial charge in [-0.25, -0.2) is 19.9 Å². The van der Waals surface area contributed by atoms with Crippen LogP contribution in [-0.2, 0) is 6.18 Å². The summed E-state index contributed by atoms with van der Waals surface area (Å²) in [5, 5.41) is 3.53. The number of hydrogen-bond donors (Lipinski definition) is 1. The molecule has 2 atom stereocenters. The van der Waals surface area contributed by atoms with Crippen molar-refractivity contribution >= 4 is 17.7 Å². The van der Waals surface area contributed by atoms with Crippen LogP contribution in [0.25, 0.3) is 17.2 Å². The van der Waals surface area contributed by atoms with Gasteiger partial charge < -0.3 is 10.2 Å². The van der Waals surface area contributed by atoms with E-state index in [1.165, 1.54) is 10.6 Å². The molecule has 1 N–H and O–H groups in total. The van der Waals surface area contributed by atoms with Gasteiger partial charge in [-0.2, -0.15) is 13.2 Å². The van der Waals surface area contributed by atoms with Crippen LogP contribution in [0, 0.1) is 0 Å². The van der Waals surface area contributed by atoms with Gasteiger partial charge in [0.2, 0.25) is 0 Å². The van der Waals surface area contributed by atoms with Crippen molar-refractivity contribution in [1.29, 1.82) is 0 Å². The molecule has 8 nitrogen and oxygen atoms in total. The van der Waals surface area contributed by atoms with Gasteiger partial charge in [0.25, 0.3) is 0 Å². The van der Waals surface area contributed by atoms with E-state index in [0.29, 0.717) is 36.1 Å². The Morgan fingerprint density at radius 1 is 1.16 bits per heavy atom. The topological polar surface area (TPSA) is 83.6 Å². The normalized spacial score (nSPS) is 21.7. The molecular weight excluding hydrogens is 409 g/mol. The highest BCUT2D eigenvalue weighted by molar-refractivity contribution is 5.82. The number of alkyl halides is 3. The minimum atomic E-state index is -4.55. The maximum atomic E-state index is 13.1. The van der Waals surface area contributed by atoms with Crippen molar-refractivity contribution in [3.8, 4) is 11.5 Å². The summed E-state index contributed by atoms with van der Waals surface area (Å²) in [6.45, 7) is 4.26. The highest BCUT2D eigenvalue weighted by Crippen LogP contribution is 2.29. The van der Waals surface area contributed by atoms with Crippen LogP contribution in [0.2, 0.25) is 0 Å². The molecule has 3 aromatic heterocycles. The van der Waals surface area contributed by atoms with Crippen molar-refractivity contribution in [1.82, 2.24) is 29.7 Å². The third-order valence-corrected chi connectivity index (χ3v) is 5.50. The van der Waals surface area contributed by atoms with Crippen molar-refractivity contribution < 1.29 is 13.2 Å². The van der Waals surface area contributed by atoms with E-state index in [-0.39, 0.29) is 12.1 Å². The molecule has 1 fully saturated rings. The smallest absolute Gasteiger partial charge is 0.351 e. The highest BCUT2D eigenvalue weighted by atomic mass is 19.4. The number of rotatable bonds is 3. The summed E-state index contributed by atoms with van der Waals surface area (Å²) in [4.78, 5) is 23.0. The second-order valence-electron chi connectivity index (χ2n) is 7.54. The van der Waals surface area contributed by atoms with Gasteiger partial charge in [0.15, 0.2) is 17.2 Å². The van der Waals surface area contributed by atoms with Crippen LogP contribution in [-0.4, -0.2) is 62.3 Å². The number of halogens is 3. The second-order valence-corrected chi connectivity index (χ2v) is 7.54. The van der Waals surface area contributed by atoms with Crippen LogP contribution in [0.5, 0.6) is 0 Å². The van der Waals surface area contributed by atoms with Crippen molar-refractivity contribution in [2.75, 3.05) is 24.5 Å². The van der Waals surface area contributed by atoms with E-state index in [1.807, 2.05) is 12.3 Å². The summed E-state index contributed by atoms with van der Waals surface area (Å²) in [6, 6.07) is 2.13. The molecule has 1 saturated heterocycles. The first-order valence-electron chi connectivity index (χ1n) is 9.84. The summed E-state index contributed by atoms with van der Waals surface area (Å²) >= 11 is 0. The molecule has 0 radical (unpaired) electrons. The lowest BCUT2D eigenvalue weighted by Gasteiger charge is -2.39. The Morgan fingerprint density at radius 3 is 2.81 bits per heavy atom.